The smallest absolute Gasteiger partial charge is 0.317 e. The minimum atomic E-state index is 0.102. The maximum Gasteiger partial charge on any atom is 0.317 e. The second-order valence-corrected chi connectivity index (χ2v) is 3.97. The van der Waals surface area contributed by atoms with Gasteiger partial charge in [0.25, 0.3) is 0 Å². The van der Waals surface area contributed by atoms with Gasteiger partial charge < -0.3 is 10.2 Å². The Labute approximate surface area is 86.9 Å². The zero-order chi connectivity index (χ0) is 10.4. The molecule has 1 heterocycles. The summed E-state index contributed by atoms with van der Waals surface area (Å²) in [6.07, 6.45) is 4.29. The zero-order valence-corrected chi connectivity index (χ0v) is 9.09. The molecular weight excluding hydrogens is 176 g/mol. The van der Waals surface area contributed by atoms with Crippen molar-refractivity contribution in [2.75, 3.05) is 19.6 Å². The normalized spacial score (nSPS) is 22.1. The summed E-state index contributed by atoms with van der Waals surface area (Å²) in [7, 11) is 0. The van der Waals surface area contributed by atoms with Crippen LogP contribution in [0.25, 0.3) is 0 Å². The van der Waals surface area contributed by atoms with Crippen LogP contribution >= 0.6 is 0 Å². The standard InChI is InChI=1S/C11H21N2O/c1-3-7-12-11(14)13-8-5-6-10(4-2)9-13/h10H,2-9H2,1H3,(H,12,14). The van der Waals surface area contributed by atoms with Crippen LogP contribution in [0.4, 0.5) is 4.79 Å². The van der Waals surface area contributed by atoms with Gasteiger partial charge in [0.2, 0.25) is 0 Å². The summed E-state index contributed by atoms with van der Waals surface area (Å²) in [4.78, 5) is 13.5. The molecule has 0 bridgehead atoms. The number of carbonyl (C=O) groups is 1. The van der Waals surface area contributed by atoms with Gasteiger partial charge in [-0.15, -0.1) is 0 Å². The number of carbonyl (C=O) groups excluding carboxylic acids is 1. The highest BCUT2D eigenvalue weighted by atomic mass is 16.2. The van der Waals surface area contributed by atoms with Gasteiger partial charge in [0, 0.05) is 19.6 Å². The highest BCUT2D eigenvalue weighted by Gasteiger charge is 2.21. The van der Waals surface area contributed by atoms with Crippen LogP contribution < -0.4 is 5.32 Å². The van der Waals surface area contributed by atoms with E-state index in [0.29, 0.717) is 5.92 Å². The first-order chi connectivity index (χ1) is 6.77. The van der Waals surface area contributed by atoms with E-state index in [4.69, 9.17) is 0 Å². The van der Waals surface area contributed by atoms with Gasteiger partial charge in [-0.2, -0.15) is 0 Å². The van der Waals surface area contributed by atoms with Crippen LogP contribution in [0, 0.1) is 12.8 Å². The second kappa shape index (κ2) is 5.89. The van der Waals surface area contributed by atoms with E-state index in [1.54, 1.807) is 0 Å². The van der Waals surface area contributed by atoms with Gasteiger partial charge in [-0.25, -0.2) is 4.79 Å². The first kappa shape index (κ1) is 11.3. The van der Waals surface area contributed by atoms with Crippen molar-refractivity contribution in [1.82, 2.24) is 10.2 Å². The first-order valence-corrected chi connectivity index (χ1v) is 5.60. The number of nitrogens with one attached hydrogen (secondary N) is 1. The molecule has 14 heavy (non-hydrogen) atoms. The zero-order valence-electron chi connectivity index (χ0n) is 9.09. The van der Waals surface area contributed by atoms with Crippen LogP contribution in [0.1, 0.15) is 32.6 Å². The molecule has 1 fully saturated rings. The van der Waals surface area contributed by atoms with Gasteiger partial charge in [0.1, 0.15) is 0 Å². The van der Waals surface area contributed by atoms with E-state index in [1.807, 2.05) is 4.90 Å². The summed E-state index contributed by atoms with van der Waals surface area (Å²) in [5.41, 5.74) is 0. The molecule has 2 amide bonds. The number of likely N-dealkylation sites (tertiary alicyclic amines) is 1. The quantitative estimate of drug-likeness (QED) is 0.737. The van der Waals surface area contributed by atoms with E-state index in [-0.39, 0.29) is 6.03 Å². The first-order valence-electron chi connectivity index (χ1n) is 5.60. The fourth-order valence-electron chi connectivity index (χ4n) is 1.83. The summed E-state index contributed by atoms with van der Waals surface area (Å²) in [5.74, 6) is 0.608. The predicted molar refractivity (Wildman–Crippen MR) is 58.0 cm³/mol. The third-order valence-corrected chi connectivity index (χ3v) is 2.74. The highest BCUT2D eigenvalue weighted by molar-refractivity contribution is 5.74. The van der Waals surface area contributed by atoms with Gasteiger partial charge in [0.15, 0.2) is 0 Å². The van der Waals surface area contributed by atoms with E-state index < -0.39 is 0 Å². The number of urea groups is 1. The molecule has 1 rings (SSSR count). The van der Waals surface area contributed by atoms with Gasteiger partial charge in [-0.05, 0) is 31.6 Å². The van der Waals surface area contributed by atoms with Gasteiger partial charge in [-0.1, -0.05) is 13.8 Å². The van der Waals surface area contributed by atoms with Crippen molar-refractivity contribution < 1.29 is 4.79 Å². The second-order valence-electron chi connectivity index (χ2n) is 3.97. The van der Waals surface area contributed by atoms with Crippen molar-refractivity contribution in [1.29, 1.82) is 0 Å². The summed E-state index contributed by atoms with van der Waals surface area (Å²) in [6, 6.07) is 0.102. The van der Waals surface area contributed by atoms with E-state index in [1.165, 1.54) is 6.42 Å². The molecule has 1 aliphatic rings. The Morgan fingerprint density at radius 2 is 2.43 bits per heavy atom. The largest absolute Gasteiger partial charge is 0.338 e. The number of amides is 2. The summed E-state index contributed by atoms with van der Waals surface area (Å²) < 4.78 is 0. The maximum absolute atomic E-state index is 11.6. The summed E-state index contributed by atoms with van der Waals surface area (Å²) in [6.45, 7) is 8.55. The lowest BCUT2D eigenvalue weighted by molar-refractivity contribution is 0.166. The summed E-state index contributed by atoms with van der Waals surface area (Å²) >= 11 is 0. The highest BCUT2D eigenvalue weighted by Crippen LogP contribution is 2.18. The molecule has 1 radical (unpaired) electrons. The Kier molecular flexibility index (Phi) is 4.77. The molecule has 1 unspecified atom stereocenters. The van der Waals surface area contributed by atoms with Crippen LogP contribution in [-0.4, -0.2) is 30.6 Å². The van der Waals surface area contributed by atoms with Gasteiger partial charge >= 0.3 is 6.03 Å². The molecule has 1 N–H and O–H groups in total. The molecule has 0 spiro atoms. The molecule has 0 aromatic carbocycles. The van der Waals surface area contributed by atoms with Crippen LogP contribution in [0.3, 0.4) is 0 Å². The minimum Gasteiger partial charge on any atom is -0.338 e. The average molecular weight is 197 g/mol. The van der Waals surface area contributed by atoms with Gasteiger partial charge in [-0.3, -0.25) is 0 Å². The van der Waals surface area contributed by atoms with E-state index in [9.17, 15) is 4.79 Å². The molecule has 0 saturated carbocycles. The van der Waals surface area contributed by atoms with Crippen molar-refractivity contribution >= 4 is 6.03 Å². The Bertz CT molecular complexity index is 182. The molecule has 1 aliphatic heterocycles. The Hall–Kier alpha value is -0.730. The van der Waals surface area contributed by atoms with Crippen molar-refractivity contribution in [2.24, 2.45) is 5.92 Å². The molecule has 1 atom stereocenters. The van der Waals surface area contributed by atoms with Crippen LogP contribution in [0.5, 0.6) is 0 Å². The lowest BCUT2D eigenvalue weighted by Gasteiger charge is -2.32. The number of rotatable bonds is 3. The number of piperidine rings is 1. The van der Waals surface area contributed by atoms with Crippen LogP contribution in [-0.2, 0) is 0 Å². The Morgan fingerprint density at radius 1 is 1.64 bits per heavy atom. The van der Waals surface area contributed by atoms with E-state index >= 15 is 0 Å². The van der Waals surface area contributed by atoms with Gasteiger partial charge in [0.05, 0.1) is 0 Å². The van der Waals surface area contributed by atoms with Crippen molar-refractivity contribution in [3.63, 3.8) is 0 Å². The molecule has 0 aliphatic carbocycles. The molecule has 3 nitrogen and oxygen atoms in total. The van der Waals surface area contributed by atoms with Crippen molar-refractivity contribution in [2.45, 2.75) is 32.6 Å². The van der Waals surface area contributed by atoms with Crippen molar-refractivity contribution in [3.8, 4) is 0 Å². The molecule has 0 aromatic rings. The third-order valence-electron chi connectivity index (χ3n) is 2.74. The molecule has 81 valence electrons. The van der Waals surface area contributed by atoms with E-state index in [2.05, 4.69) is 19.2 Å². The molecule has 0 aromatic heterocycles. The Morgan fingerprint density at radius 3 is 3.07 bits per heavy atom. The van der Waals surface area contributed by atoms with Crippen LogP contribution in [0.15, 0.2) is 0 Å². The average Bonchev–Trinajstić information content (AvgIpc) is 2.26. The fraction of sp³-hybridized carbons (Fsp3) is 0.818. The fourth-order valence-corrected chi connectivity index (χ4v) is 1.83. The number of nitrogens with zero attached hydrogens (tertiary/aromatic N) is 1. The Balaban J connectivity index is 2.31. The number of hydrogen-bond donors (Lipinski definition) is 1. The minimum absolute atomic E-state index is 0.102. The maximum atomic E-state index is 11.6. The third kappa shape index (κ3) is 3.20. The topological polar surface area (TPSA) is 32.3 Å². The number of hydrogen-bond acceptors (Lipinski definition) is 1. The lowest BCUT2D eigenvalue weighted by Crippen LogP contribution is -2.45. The molecular formula is C11H21N2O. The lowest BCUT2D eigenvalue weighted by atomic mass is 9.96. The SMILES string of the molecule is [CH2]CC1CCCN(C(=O)NCCC)C1. The monoisotopic (exact) mass is 197 g/mol. The molecule has 3 heteroatoms. The molecule has 1 saturated heterocycles. The van der Waals surface area contributed by atoms with E-state index in [0.717, 1.165) is 38.9 Å². The van der Waals surface area contributed by atoms with Crippen LogP contribution in [0.2, 0.25) is 0 Å². The summed E-state index contributed by atoms with van der Waals surface area (Å²) in [5, 5.41) is 2.91. The predicted octanol–water partition coefficient (Wildman–Crippen LogP) is 2.04. The van der Waals surface area contributed by atoms with Crippen molar-refractivity contribution in [3.05, 3.63) is 6.92 Å².